The average molecular weight is 252 g/mol. The van der Waals surface area contributed by atoms with E-state index >= 15 is 0 Å². The number of aliphatic hydroxyl groups is 1. The van der Waals surface area contributed by atoms with Gasteiger partial charge in [-0.3, -0.25) is 0 Å². The van der Waals surface area contributed by atoms with Gasteiger partial charge in [-0.2, -0.15) is 0 Å². The summed E-state index contributed by atoms with van der Waals surface area (Å²) in [5.74, 6) is 1.00. The molecule has 1 heteroatoms. The zero-order valence-electron chi connectivity index (χ0n) is 11.2. The largest absolute Gasteiger partial charge is 0.388 e. The molecule has 98 valence electrons. The highest BCUT2D eigenvalue weighted by Gasteiger charge is 2.38. The van der Waals surface area contributed by atoms with Gasteiger partial charge in [-0.05, 0) is 40.7 Å². The van der Waals surface area contributed by atoms with E-state index in [-0.39, 0.29) is 6.10 Å². The Bertz CT molecular complexity index is 605. The van der Waals surface area contributed by atoms with Gasteiger partial charge in [-0.15, -0.1) is 0 Å². The van der Waals surface area contributed by atoms with E-state index in [2.05, 4.69) is 36.4 Å². The Hall–Kier alpha value is -1.34. The third-order valence-electron chi connectivity index (χ3n) is 5.14. The van der Waals surface area contributed by atoms with E-state index in [9.17, 15) is 5.11 Å². The Kier molecular flexibility index (Phi) is 2.63. The van der Waals surface area contributed by atoms with Gasteiger partial charge in [0.05, 0.1) is 6.10 Å². The van der Waals surface area contributed by atoms with Gasteiger partial charge in [0.1, 0.15) is 0 Å². The van der Waals surface area contributed by atoms with Crippen LogP contribution in [0.5, 0.6) is 0 Å². The van der Waals surface area contributed by atoms with E-state index in [1.165, 1.54) is 48.4 Å². The molecule has 0 amide bonds. The van der Waals surface area contributed by atoms with Crippen molar-refractivity contribution in [1.29, 1.82) is 0 Å². The zero-order valence-corrected chi connectivity index (χ0v) is 11.2. The molecule has 2 atom stereocenters. The van der Waals surface area contributed by atoms with E-state index in [0.717, 1.165) is 5.56 Å². The number of aliphatic hydroxyl groups excluding tert-OH is 1. The minimum atomic E-state index is -0.288. The maximum atomic E-state index is 10.8. The Morgan fingerprint density at radius 1 is 0.842 bits per heavy atom. The molecule has 2 aliphatic rings. The predicted octanol–water partition coefficient (Wildman–Crippen LogP) is 4.55. The molecule has 0 saturated heterocycles. The van der Waals surface area contributed by atoms with Gasteiger partial charge in [0.25, 0.3) is 0 Å². The lowest BCUT2D eigenvalue weighted by atomic mass is 9.76. The predicted molar refractivity (Wildman–Crippen MR) is 78.2 cm³/mol. The molecule has 0 bridgehead atoms. The average Bonchev–Trinajstić information content (AvgIpc) is 2.76. The smallest absolute Gasteiger partial charge is 0.0867 e. The monoisotopic (exact) mass is 252 g/mol. The highest BCUT2D eigenvalue weighted by Crippen LogP contribution is 2.51. The van der Waals surface area contributed by atoms with Crippen molar-refractivity contribution in [1.82, 2.24) is 0 Å². The van der Waals surface area contributed by atoms with Gasteiger partial charge in [0.15, 0.2) is 0 Å². The van der Waals surface area contributed by atoms with Crippen LogP contribution in [0.4, 0.5) is 0 Å². The van der Waals surface area contributed by atoms with Crippen LogP contribution < -0.4 is 0 Å². The minimum Gasteiger partial charge on any atom is -0.388 e. The van der Waals surface area contributed by atoms with Gasteiger partial charge in [0.2, 0.25) is 0 Å². The van der Waals surface area contributed by atoms with Crippen LogP contribution in [0.25, 0.3) is 10.8 Å². The summed E-state index contributed by atoms with van der Waals surface area (Å²) in [4.78, 5) is 0. The van der Waals surface area contributed by atoms with Crippen molar-refractivity contribution < 1.29 is 5.11 Å². The highest BCUT2D eigenvalue weighted by atomic mass is 16.3. The first-order valence-electron chi connectivity index (χ1n) is 7.56. The lowest BCUT2D eigenvalue weighted by Crippen LogP contribution is -2.19. The maximum absolute atomic E-state index is 10.8. The second-order valence-electron chi connectivity index (χ2n) is 6.16. The van der Waals surface area contributed by atoms with Crippen LogP contribution in [0.15, 0.2) is 36.4 Å². The quantitative estimate of drug-likeness (QED) is 0.789. The summed E-state index contributed by atoms with van der Waals surface area (Å²) in [6.07, 6.45) is 6.32. The van der Waals surface area contributed by atoms with Crippen LogP contribution in [0.3, 0.4) is 0 Å². The summed E-state index contributed by atoms with van der Waals surface area (Å²) < 4.78 is 0. The molecule has 1 nitrogen and oxygen atoms in total. The van der Waals surface area contributed by atoms with Crippen molar-refractivity contribution in [2.24, 2.45) is 5.92 Å². The minimum absolute atomic E-state index is 0.288. The van der Waals surface area contributed by atoms with Crippen molar-refractivity contribution in [3.63, 3.8) is 0 Å². The maximum Gasteiger partial charge on any atom is 0.0867 e. The fourth-order valence-corrected chi connectivity index (χ4v) is 4.29. The molecule has 0 spiro atoms. The molecule has 0 radical (unpaired) electrons. The summed E-state index contributed by atoms with van der Waals surface area (Å²) in [5.41, 5.74) is 2.55. The molecule has 0 aliphatic heterocycles. The second-order valence-corrected chi connectivity index (χ2v) is 6.16. The third-order valence-corrected chi connectivity index (χ3v) is 5.14. The standard InChI is InChI=1S/C18H20O/c19-18-15-11-5-9-12-8-4-10-14(16(12)15)17(18)13-6-2-1-3-7-13/h4-5,8-11,13,17-19H,1-3,6-7H2/t17-,18-/m1/s1. The number of hydrogen-bond acceptors (Lipinski definition) is 1. The van der Waals surface area contributed by atoms with E-state index in [4.69, 9.17) is 0 Å². The highest BCUT2D eigenvalue weighted by molar-refractivity contribution is 5.92. The van der Waals surface area contributed by atoms with Crippen molar-refractivity contribution in [2.75, 3.05) is 0 Å². The van der Waals surface area contributed by atoms with Crippen LogP contribution in [0.1, 0.15) is 55.3 Å². The van der Waals surface area contributed by atoms with Crippen LogP contribution in [-0.2, 0) is 0 Å². The first-order valence-corrected chi connectivity index (χ1v) is 7.56. The van der Waals surface area contributed by atoms with Gasteiger partial charge < -0.3 is 5.11 Å². The second kappa shape index (κ2) is 4.35. The Balaban J connectivity index is 1.86. The van der Waals surface area contributed by atoms with Crippen LogP contribution in [0.2, 0.25) is 0 Å². The zero-order chi connectivity index (χ0) is 12.8. The van der Waals surface area contributed by atoms with Crippen molar-refractivity contribution in [3.8, 4) is 0 Å². The van der Waals surface area contributed by atoms with Crippen molar-refractivity contribution in [3.05, 3.63) is 47.5 Å². The lowest BCUT2D eigenvalue weighted by molar-refractivity contribution is 0.109. The van der Waals surface area contributed by atoms with Crippen molar-refractivity contribution in [2.45, 2.75) is 44.1 Å². The van der Waals surface area contributed by atoms with Gasteiger partial charge in [-0.25, -0.2) is 0 Å². The lowest BCUT2D eigenvalue weighted by Gasteiger charge is -2.30. The molecular formula is C18H20O. The molecule has 2 aromatic carbocycles. The fourth-order valence-electron chi connectivity index (χ4n) is 4.29. The molecule has 1 N–H and O–H groups in total. The first kappa shape index (κ1) is 11.5. The normalized spacial score (nSPS) is 27.0. The Morgan fingerprint density at radius 2 is 1.53 bits per heavy atom. The summed E-state index contributed by atoms with van der Waals surface area (Å²) in [6.45, 7) is 0. The van der Waals surface area contributed by atoms with E-state index in [1.807, 2.05) is 0 Å². The summed E-state index contributed by atoms with van der Waals surface area (Å²) >= 11 is 0. The Morgan fingerprint density at radius 3 is 2.26 bits per heavy atom. The fraction of sp³-hybridized carbons (Fsp3) is 0.444. The molecule has 2 aromatic rings. The molecule has 4 rings (SSSR count). The van der Waals surface area contributed by atoms with Gasteiger partial charge >= 0.3 is 0 Å². The number of hydrogen-bond donors (Lipinski definition) is 1. The molecule has 2 aliphatic carbocycles. The summed E-state index contributed by atoms with van der Waals surface area (Å²) in [5, 5.41) is 13.4. The Labute approximate surface area is 114 Å². The molecule has 0 aromatic heterocycles. The summed E-state index contributed by atoms with van der Waals surface area (Å²) in [7, 11) is 0. The van der Waals surface area contributed by atoms with Crippen LogP contribution in [-0.4, -0.2) is 5.11 Å². The van der Waals surface area contributed by atoms with Gasteiger partial charge in [0, 0.05) is 5.92 Å². The SMILES string of the molecule is O[C@@H]1c2cccc3cccc(c23)[C@H]1C1CCCCC1. The van der Waals surface area contributed by atoms with Crippen molar-refractivity contribution >= 4 is 10.8 Å². The molecule has 0 heterocycles. The molecule has 1 saturated carbocycles. The summed E-state index contributed by atoms with van der Waals surface area (Å²) in [6, 6.07) is 12.9. The third kappa shape index (κ3) is 1.64. The van der Waals surface area contributed by atoms with E-state index in [0.29, 0.717) is 11.8 Å². The van der Waals surface area contributed by atoms with Crippen LogP contribution >= 0.6 is 0 Å². The van der Waals surface area contributed by atoms with Gasteiger partial charge in [-0.1, -0.05) is 55.7 Å². The van der Waals surface area contributed by atoms with Crippen LogP contribution in [0, 0.1) is 5.92 Å². The first-order chi connectivity index (χ1) is 9.36. The number of rotatable bonds is 1. The molecule has 19 heavy (non-hydrogen) atoms. The molecule has 1 fully saturated rings. The molecule has 0 unspecified atom stereocenters. The van der Waals surface area contributed by atoms with E-state index < -0.39 is 0 Å². The topological polar surface area (TPSA) is 20.2 Å². The molecular weight excluding hydrogens is 232 g/mol. The number of benzene rings is 2. The van der Waals surface area contributed by atoms with E-state index in [1.54, 1.807) is 0 Å².